The molecule has 9 heteroatoms. The lowest BCUT2D eigenvalue weighted by atomic mass is 10.1. The summed E-state index contributed by atoms with van der Waals surface area (Å²) in [7, 11) is -1.96. The number of fused-ring (bicyclic) bond motifs is 3. The fraction of sp³-hybridized carbons (Fsp3) is 0.636. The largest absolute Gasteiger partial charge is 0.491 e. The first-order chi connectivity index (χ1) is 14.6. The van der Waals surface area contributed by atoms with Crippen LogP contribution in [0.5, 0.6) is 5.75 Å². The zero-order valence-corrected chi connectivity index (χ0v) is 20.0. The number of benzene rings is 1. The van der Waals surface area contributed by atoms with E-state index in [2.05, 4.69) is 33.9 Å². The maximum Gasteiger partial charge on any atom is 0.415 e. The van der Waals surface area contributed by atoms with Gasteiger partial charge in [-0.1, -0.05) is 20.8 Å². The van der Waals surface area contributed by atoms with Gasteiger partial charge in [-0.3, -0.25) is 9.69 Å². The number of rotatable bonds is 4. The molecule has 4 rings (SSSR count). The molecule has 31 heavy (non-hydrogen) atoms. The number of carbonyl (C=O) groups excluding carboxylic acids is 2. The second-order valence-corrected chi connectivity index (χ2v) is 14.6. The number of hydrogen-bond donors (Lipinski definition) is 0. The number of morpholine rings is 1. The molecule has 3 aliphatic rings. The molecule has 0 radical (unpaired) electrons. The van der Waals surface area contributed by atoms with Gasteiger partial charge in [0.1, 0.15) is 18.5 Å². The second kappa shape index (κ2) is 8.11. The Balaban J connectivity index is 1.55. The normalized spacial score (nSPS) is 24.3. The van der Waals surface area contributed by atoms with E-state index in [1.54, 1.807) is 9.80 Å². The highest BCUT2D eigenvalue weighted by Gasteiger charge is 2.47. The molecule has 3 heterocycles. The molecule has 8 nitrogen and oxygen atoms in total. The van der Waals surface area contributed by atoms with E-state index in [9.17, 15) is 9.59 Å². The minimum absolute atomic E-state index is 0.0778. The predicted octanol–water partition coefficient (Wildman–Crippen LogP) is 3.55. The molecule has 170 valence electrons. The molecule has 0 bridgehead atoms. The smallest absolute Gasteiger partial charge is 0.415 e. The van der Waals surface area contributed by atoms with Crippen LogP contribution in [0.25, 0.3) is 0 Å². The molecule has 0 aliphatic carbocycles. The van der Waals surface area contributed by atoms with Crippen LogP contribution in [0.4, 0.5) is 16.2 Å². The molecular weight excluding hydrogens is 416 g/mol. The third kappa shape index (κ3) is 4.18. The average molecular weight is 449 g/mol. The van der Waals surface area contributed by atoms with Crippen LogP contribution in [0.3, 0.4) is 0 Å². The van der Waals surface area contributed by atoms with Gasteiger partial charge >= 0.3 is 6.09 Å². The highest BCUT2D eigenvalue weighted by Crippen LogP contribution is 2.42. The van der Waals surface area contributed by atoms with Gasteiger partial charge in [-0.2, -0.15) is 0 Å². The molecule has 0 unspecified atom stereocenters. The molecule has 1 aromatic rings. The second-order valence-electron chi connectivity index (χ2n) is 9.82. The van der Waals surface area contributed by atoms with Crippen molar-refractivity contribution in [3.63, 3.8) is 0 Å². The fourth-order valence-corrected chi connectivity index (χ4v) is 4.89. The average Bonchev–Trinajstić information content (AvgIpc) is 2.89. The molecule has 1 aromatic carbocycles. The third-order valence-corrected chi connectivity index (χ3v) is 11.3. The summed E-state index contributed by atoms with van der Waals surface area (Å²) in [6.45, 7) is 12.9. The number of nitrogens with zero attached hydrogens (tertiary/aromatic N) is 2. The molecule has 2 amide bonds. The Morgan fingerprint density at radius 1 is 1.19 bits per heavy atom. The maximum atomic E-state index is 12.8. The molecule has 0 aromatic heterocycles. The van der Waals surface area contributed by atoms with E-state index in [0.29, 0.717) is 44.2 Å². The van der Waals surface area contributed by atoms with E-state index in [4.69, 9.17) is 18.6 Å². The van der Waals surface area contributed by atoms with Crippen LogP contribution in [0.2, 0.25) is 18.1 Å². The van der Waals surface area contributed by atoms with Crippen LogP contribution in [-0.4, -0.2) is 65.4 Å². The molecule has 2 fully saturated rings. The summed E-state index contributed by atoms with van der Waals surface area (Å²) in [6.07, 6.45) is -0.0648. The highest BCUT2D eigenvalue weighted by molar-refractivity contribution is 6.74. The maximum absolute atomic E-state index is 12.8. The van der Waals surface area contributed by atoms with E-state index >= 15 is 0 Å². The number of cyclic esters (lactones) is 1. The van der Waals surface area contributed by atoms with E-state index in [-0.39, 0.29) is 35.8 Å². The Hall–Kier alpha value is -2.10. The number of ether oxygens (including phenoxy) is 3. The van der Waals surface area contributed by atoms with Crippen molar-refractivity contribution in [2.75, 3.05) is 42.8 Å². The summed E-state index contributed by atoms with van der Waals surface area (Å²) < 4.78 is 23.3. The summed E-state index contributed by atoms with van der Waals surface area (Å²) >= 11 is 0. The first kappa shape index (κ1) is 22.1. The van der Waals surface area contributed by atoms with Crippen molar-refractivity contribution in [1.82, 2.24) is 0 Å². The van der Waals surface area contributed by atoms with Crippen molar-refractivity contribution in [2.24, 2.45) is 0 Å². The van der Waals surface area contributed by atoms with Crippen LogP contribution in [-0.2, 0) is 18.7 Å². The monoisotopic (exact) mass is 448 g/mol. The van der Waals surface area contributed by atoms with Crippen LogP contribution in [0.1, 0.15) is 27.2 Å². The quantitative estimate of drug-likeness (QED) is 0.656. The Morgan fingerprint density at radius 2 is 1.97 bits per heavy atom. The standard InChI is InChI=1S/C22H32N2O6Si/c1-22(2,3)31(4,5)29-13-19-17-8-10-28-18-12-15(23-9-11-27-14-20(23)25)6-7-16(18)24(17)21(26)30-19/h6-7,12,17,19H,8-11,13-14H2,1-5H3/t17-,19-/m0/s1. The van der Waals surface area contributed by atoms with Crippen molar-refractivity contribution in [3.8, 4) is 5.75 Å². The number of amides is 2. The summed E-state index contributed by atoms with van der Waals surface area (Å²) in [5, 5.41) is 0.0851. The van der Waals surface area contributed by atoms with Gasteiger partial charge < -0.3 is 23.5 Å². The zero-order valence-electron chi connectivity index (χ0n) is 19.0. The molecule has 0 spiro atoms. The van der Waals surface area contributed by atoms with Gasteiger partial charge in [0, 0.05) is 24.7 Å². The lowest BCUT2D eigenvalue weighted by Crippen LogP contribution is -2.45. The lowest BCUT2D eigenvalue weighted by molar-refractivity contribution is -0.125. The Labute approximate surface area is 184 Å². The lowest BCUT2D eigenvalue weighted by Gasteiger charge is -2.37. The van der Waals surface area contributed by atoms with Crippen LogP contribution >= 0.6 is 0 Å². The Kier molecular flexibility index (Phi) is 5.78. The van der Waals surface area contributed by atoms with E-state index < -0.39 is 8.32 Å². The molecule has 0 saturated carbocycles. The van der Waals surface area contributed by atoms with Gasteiger partial charge in [0.05, 0.1) is 31.5 Å². The third-order valence-electron chi connectivity index (χ3n) is 6.80. The van der Waals surface area contributed by atoms with Gasteiger partial charge in [-0.05, 0) is 30.3 Å². The molecule has 2 atom stereocenters. The van der Waals surface area contributed by atoms with E-state index in [1.807, 2.05) is 18.2 Å². The minimum atomic E-state index is -1.96. The van der Waals surface area contributed by atoms with Crippen LogP contribution in [0, 0.1) is 0 Å². The first-order valence-electron chi connectivity index (χ1n) is 10.9. The molecular formula is C22H32N2O6Si. The Morgan fingerprint density at radius 3 is 2.68 bits per heavy atom. The molecule has 3 aliphatic heterocycles. The Bertz CT molecular complexity index is 868. The SMILES string of the molecule is CC(C)(C)[Si](C)(C)OC[C@@H]1OC(=O)N2c3ccc(N4CCOCC4=O)cc3OCC[C@@H]12. The molecule has 0 N–H and O–H groups in total. The minimum Gasteiger partial charge on any atom is -0.491 e. The van der Waals surface area contributed by atoms with E-state index in [0.717, 1.165) is 5.69 Å². The number of carbonyl (C=O) groups is 2. The highest BCUT2D eigenvalue weighted by atomic mass is 28.4. The van der Waals surface area contributed by atoms with Crippen molar-refractivity contribution in [3.05, 3.63) is 18.2 Å². The van der Waals surface area contributed by atoms with Crippen molar-refractivity contribution >= 4 is 31.7 Å². The zero-order chi connectivity index (χ0) is 22.4. The molecule has 2 saturated heterocycles. The van der Waals surface area contributed by atoms with Gasteiger partial charge in [0.2, 0.25) is 0 Å². The van der Waals surface area contributed by atoms with Crippen molar-refractivity contribution in [1.29, 1.82) is 0 Å². The summed E-state index contributed by atoms with van der Waals surface area (Å²) in [6, 6.07) is 5.37. The summed E-state index contributed by atoms with van der Waals surface area (Å²) in [5.41, 5.74) is 1.42. The van der Waals surface area contributed by atoms with Crippen LogP contribution < -0.4 is 14.5 Å². The summed E-state index contributed by atoms with van der Waals surface area (Å²) in [5.74, 6) is 0.503. The fourth-order valence-electron chi connectivity index (χ4n) is 3.88. The first-order valence-corrected chi connectivity index (χ1v) is 13.8. The topological polar surface area (TPSA) is 77.5 Å². The number of hydrogen-bond acceptors (Lipinski definition) is 6. The van der Waals surface area contributed by atoms with Gasteiger partial charge in [-0.15, -0.1) is 0 Å². The van der Waals surface area contributed by atoms with Crippen molar-refractivity contribution < 1.29 is 28.2 Å². The van der Waals surface area contributed by atoms with Crippen LogP contribution in [0.15, 0.2) is 18.2 Å². The summed E-state index contributed by atoms with van der Waals surface area (Å²) in [4.78, 5) is 28.4. The van der Waals surface area contributed by atoms with Gasteiger partial charge in [0.15, 0.2) is 8.32 Å². The van der Waals surface area contributed by atoms with Gasteiger partial charge in [0.25, 0.3) is 5.91 Å². The van der Waals surface area contributed by atoms with Gasteiger partial charge in [-0.25, -0.2) is 4.79 Å². The van der Waals surface area contributed by atoms with Crippen molar-refractivity contribution in [2.45, 2.75) is 57.5 Å². The number of anilines is 2. The van der Waals surface area contributed by atoms with E-state index in [1.165, 1.54) is 0 Å². The predicted molar refractivity (Wildman–Crippen MR) is 119 cm³/mol.